The van der Waals surface area contributed by atoms with Gasteiger partial charge in [0.05, 0.1) is 28.9 Å². The Bertz CT molecular complexity index is 1210. The molecule has 0 bridgehead atoms. The van der Waals surface area contributed by atoms with Gasteiger partial charge in [0, 0.05) is 31.2 Å². The van der Waals surface area contributed by atoms with E-state index in [1.807, 2.05) is 31.2 Å². The molecule has 1 aromatic heterocycles. The van der Waals surface area contributed by atoms with Gasteiger partial charge in [0.2, 0.25) is 5.91 Å². The number of nitrogens with two attached hydrogens (primary N) is 1. The van der Waals surface area contributed by atoms with E-state index < -0.39 is 11.9 Å². The Labute approximate surface area is 202 Å². The van der Waals surface area contributed by atoms with E-state index >= 15 is 0 Å². The van der Waals surface area contributed by atoms with E-state index in [0.717, 1.165) is 11.3 Å². The Morgan fingerprint density at radius 3 is 2.65 bits per heavy atom. The van der Waals surface area contributed by atoms with Crippen LogP contribution in [0.5, 0.6) is 0 Å². The molecule has 10 heteroatoms. The number of rotatable bonds is 5. The van der Waals surface area contributed by atoms with Crippen LogP contribution in [0.15, 0.2) is 60.9 Å². The molecule has 0 saturated heterocycles. The third-order valence-corrected chi connectivity index (χ3v) is 6.11. The van der Waals surface area contributed by atoms with Crippen LogP contribution >= 0.6 is 11.6 Å². The molecule has 0 aliphatic carbocycles. The number of halogens is 1. The monoisotopic (exact) mass is 480 g/mol. The lowest BCUT2D eigenvalue weighted by Gasteiger charge is -2.31. The molecule has 176 valence electrons. The second kappa shape index (κ2) is 9.96. The van der Waals surface area contributed by atoms with Crippen molar-refractivity contribution < 1.29 is 14.4 Å². The van der Waals surface area contributed by atoms with Gasteiger partial charge in [-0.25, -0.2) is 9.48 Å². The summed E-state index contributed by atoms with van der Waals surface area (Å²) in [5, 5.41) is 7.06. The second-order valence-electron chi connectivity index (χ2n) is 7.97. The van der Waals surface area contributed by atoms with E-state index in [4.69, 9.17) is 17.3 Å². The van der Waals surface area contributed by atoms with Gasteiger partial charge in [0.1, 0.15) is 0 Å². The molecule has 1 atom stereocenters. The third-order valence-electron chi connectivity index (χ3n) is 5.80. The minimum atomic E-state index is -0.623. The summed E-state index contributed by atoms with van der Waals surface area (Å²) in [6, 6.07) is 13.7. The van der Waals surface area contributed by atoms with Gasteiger partial charge >= 0.3 is 6.03 Å². The molecule has 2 heterocycles. The molecule has 2 aromatic carbocycles. The number of urea groups is 1. The van der Waals surface area contributed by atoms with Crippen LogP contribution in [-0.2, 0) is 11.3 Å². The smallest absolute Gasteiger partial charge is 0.318 e. The molecule has 1 aliphatic heterocycles. The molecule has 0 saturated carbocycles. The molecule has 3 aromatic rings. The van der Waals surface area contributed by atoms with Gasteiger partial charge in [-0.2, -0.15) is 5.10 Å². The third kappa shape index (κ3) is 4.74. The van der Waals surface area contributed by atoms with Gasteiger partial charge in [0.25, 0.3) is 5.91 Å². The lowest BCUT2D eigenvalue weighted by molar-refractivity contribution is -0.117. The Morgan fingerprint density at radius 2 is 1.97 bits per heavy atom. The zero-order valence-electron chi connectivity index (χ0n) is 18.6. The Balaban J connectivity index is 1.67. The number of carbonyl (C=O) groups excluding carboxylic acids is 3. The second-order valence-corrected chi connectivity index (χ2v) is 8.38. The van der Waals surface area contributed by atoms with Crippen molar-refractivity contribution in [2.75, 3.05) is 18.0 Å². The predicted octanol–water partition coefficient (Wildman–Crippen LogP) is 2.96. The molecule has 3 N–H and O–H groups in total. The van der Waals surface area contributed by atoms with Crippen LogP contribution in [0, 0.1) is 0 Å². The quantitative estimate of drug-likeness (QED) is 0.584. The Hall–Kier alpha value is -3.85. The number of hydrogen-bond donors (Lipinski definition) is 2. The average molecular weight is 481 g/mol. The summed E-state index contributed by atoms with van der Waals surface area (Å²) in [5.74, 6) is -0.885. The lowest BCUT2D eigenvalue weighted by Crippen LogP contribution is -2.50. The minimum absolute atomic E-state index is 0.256. The van der Waals surface area contributed by atoms with Crippen molar-refractivity contribution in [1.82, 2.24) is 20.0 Å². The van der Waals surface area contributed by atoms with E-state index in [1.54, 1.807) is 51.1 Å². The number of para-hydroxylation sites is 1. The van der Waals surface area contributed by atoms with Crippen LogP contribution in [0.4, 0.5) is 10.5 Å². The number of primary amides is 1. The van der Waals surface area contributed by atoms with Crippen LogP contribution in [0.25, 0.3) is 5.69 Å². The summed E-state index contributed by atoms with van der Waals surface area (Å²) in [4.78, 5) is 41.0. The molecule has 1 aliphatic rings. The molecule has 0 unspecified atom stereocenters. The fourth-order valence-corrected chi connectivity index (χ4v) is 4.31. The summed E-state index contributed by atoms with van der Waals surface area (Å²) in [7, 11) is 0. The fraction of sp³-hybridized carbons (Fsp3) is 0.250. The first-order valence-corrected chi connectivity index (χ1v) is 11.3. The van der Waals surface area contributed by atoms with E-state index in [1.165, 1.54) is 0 Å². The normalized spacial score (nSPS) is 15.4. The molecule has 0 fully saturated rings. The standard InChI is InChI=1S/C24H25ClN6O3/c1-2-17-15-30(23(33)19-9-8-18(12-20(19)25)31-11-5-10-28-31)21-7-4-3-6-16(21)14-29(17)24(34)27-13-22(26)32/h3-12,17H,2,13-15H2,1H3,(H2,26,32)(H,27,34)/t17-/m1/s1. The SMILES string of the molecule is CC[C@@H]1CN(C(=O)c2ccc(-n3cccn3)cc2Cl)c2ccccc2CN1C(=O)NCC(N)=O. The molecule has 0 spiro atoms. The number of nitrogens with one attached hydrogen (secondary N) is 1. The van der Waals surface area contributed by atoms with Crippen LogP contribution in [0.1, 0.15) is 29.3 Å². The fourth-order valence-electron chi connectivity index (χ4n) is 4.06. The first-order valence-electron chi connectivity index (χ1n) is 10.9. The van der Waals surface area contributed by atoms with Crippen molar-refractivity contribution in [3.05, 3.63) is 77.1 Å². The highest BCUT2D eigenvalue weighted by molar-refractivity contribution is 6.34. The molecule has 4 amide bonds. The van der Waals surface area contributed by atoms with Gasteiger partial charge in [-0.05, 0) is 42.3 Å². The highest BCUT2D eigenvalue weighted by Gasteiger charge is 2.33. The number of anilines is 1. The van der Waals surface area contributed by atoms with Crippen molar-refractivity contribution >= 4 is 35.1 Å². The van der Waals surface area contributed by atoms with Crippen LogP contribution in [-0.4, -0.2) is 51.7 Å². The summed E-state index contributed by atoms with van der Waals surface area (Å²) < 4.78 is 1.66. The molecule has 9 nitrogen and oxygen atoms in total. The van der Waals surface area contributed by atoms with Gasteiger partial charge < -0.3 is 20.9 Å². The van der Waals surface area contributed by atoms with E-state index in [-0.39, 0.29) is 31.6 Å². The number of carbonyl (C=O) groups is 3. The van der Waals surface area contributed by atoms with Gasteiger partial charge in [-0.15, -0.1) is 0 Å². The van der Waals surface area contributed by atoms with Crippen molar-refractivity contribution in [2.24, 2.45) is 5.73 Å². The highest BCUT2D eigenvalue weighted by atomic mass is 35.5. The molecule has 4 rings (SSSR count). The minimum Gasteiger partial charge on any atom is -0.368 e. The van der Waals surface area contributed by atoms with Crippen LogP contribution in [0.3, 0.4) is 0 Å². The molecular weight excluding hydrogens is 456 g/mol. The Morgan fingerprint density at radius 1 is 1.18 bits per heavy atom. The predicted molar refractivity (Wildman–Crippen MR) is 129 cm³/mol. The Kier molecular flexibility index (Phi) is 6.83. The number of fused-ring (bicyclic) bond motifs is 1. The van der Waals surface area contributed by atoms with Crippen molar-refractivity contribution in [3.8, 4) is 5.69 Å². The van der Waals surface area contributed by atoms with Crippen molar-refractivity contribution in [1.29, 1.82) is 0 Å². The molecule has 34 heavy (non-hydrogen) atoms. The summed E-state index contributed by atoms with van der Waals surface area (Å²) in [5.41, 5.74) is 7.80. The first-order chi connectivity index (χ1) is 16.4. The zero-order valence-corrected chi connectivity index (χ0v) is 19.4. The maximum absolute atomic E-state index is 13.7. The van der Waals surface area contributed by atoms with Crippen LogP contribution in [0.2, 0.25) is 5.02 Å². The number of nitrogens with zero attached hydrogens (tertiary/aromatic N) is 4. The first kappa shape index (κ1) is 23.3. The summed E-state index contributed by atoms with van der Waals surface area (Å²) >= 11 is 6.54. The van der Waals surface area contributed by atoms with Gasteiger partial charge in [-0.3, -0.25) is 9.59 Å². The maximum atomic E-state index is 13.7. The van der Waals surface area contributed by atoms with Crippen LogP contribution < -0.4 is 16.0 Å². The average Bonchev–Trinajstić information content (AvgIpc) is 3.31. The number of aromatic nitrogens is 2. The number of benzene rings is 2. The van der Waals surface area contributed by atoms with E-state index in [9.17, 15) is 14.4 Å². The van der Waals surface area contributed by atoms with E-state index in [2.05, 4.69) is 10.4 Å². The van der Waals surface area contributed by atoms with Gasteiger partial charge in [0.15, 0.2) is 0 Å². The lowest BCUT2D eigenvalue weighted by atomic mass is 10.1. The van der Waals surface area contributed by atoms with Crippen molar-refractivity contribution in [2.45, 2.75) is 25.9 Å². The van der Waals surface area contributed by atoms with E-state index in [0.29, 0.717) is 22.7 Å². The number of amides is 4. The largest absolute Gasteiger partial charge is 0.368 e. The van der Waals surface area contributed by atoms with Crippen molar-refractivity contribution in [3.63, 3.8) is 0 Å². The summed E-state index contributed by atoms with van der Waals surface area (Å²) in [6.07, 6.45) is 4.06. The zero-order chi connectivity index (χ0) is 24.2. The highest BCUT2D eigenvalue weighted by Crippen LogP contribution is 2.31. The number of hydrogen-bond acceptors (Lipinski definition) is 4. The van der Waals surface area contributed by atoms with Gasteiger partial charge in [-0.1, -0.05) is 36.7 Å². The topological polar surface area (TPSA) is 114 Å². The maximum Gasteiger partial charge on any atom is 0.318 e. The molecular formula is C24H25ClN6O3. The molecule has 0 radical (unpaired) electrons. The summed E-state index contributed by atoms with van der Waals surface area (Å²) in [6.45, 7) is 2.25.